The van der Waals surface area contributed by atoms with Gasteiger partial charge >= 0.3 is 0 Å². The van der Waals surface area contributed by atoms with Crippen LogP contribution in [-0.2, 0) is 17.8 Å². The van der Waals surface area contributed by atoms with E-state index in [1.807, 2.05) is 18.2 Å². The number of hydrogen-bond acceptors (Lipinski definition) is 3. The number of rotatable bonds is 5. The van der Waals surface area contributed by atoms with Gasteiger partial charge < -0.3 is 14.7 Å². The SMILES string of the molecule is Oc1ccccc1C=NCc1ccccc1C[NH+]1CCOCC1. The lowest BCUT2D eigenvalue weighted by Gasteiger charge is -2.24. The minimum absolute atomic E-state index is 0.266. The number of ether oxygens (including phenoxy) is 1. The van der Waals surface area contributed by atoms with Gasteiger partial charge in [0.15, 0.2) is 0 Å². The summed E-state index contributed by atoms with van der Waals surface area (Å²) in [6.07, 6.45) is 1.74. The van der Waals surface area contributed by atoms with Crippen LogP contribution in [0, 0.1) is 0 Å². The van der Waals surface area contributed by atoms with Crippen molar-refractivity contribution in [2.75, 3.05) is 26.3 Å². The van der Waals surface area contributed by atoms with Gasteiger partial charge in [-0.2, -0.15) is 0 Å². The number of morpholine rings is 1. The monoisotopic (exact) mass is 311 g/mol. The Hall–Kier alpha value is -2.17. The maximum absolute atomic E-state index is 9.77. The third kappa shape index (κ3) is 4.41. The lowest BCUT2D eigenvalue weighted by molar-refractivity contribution is -0.921. The Morgan fingerprint density at radius 1 is 1.00 bits per heavy atom. The summed E-state index contributed by atoms with van der Waals surface area (Å²) < 4.78 is 5.42. The zero-order chi connectivity index (χ0) is 15.9. The molecule has 1 fully saturated rings. The van der Waals surface area contributed by atoms with Crippen molar-refractivity contribution in [2.24, 2.45) is 4.99 Å². The summed E-state index contributed by atoms with van der Waals surface area (Å²) in [5, 5.41) is 9.77. The molecule has 1 heterocycles. The summed E-state index contributed by atoms with van der Waals surface area (Å²) in [4.78, 5) is 6.07. The van der Waals surface area contributed by atoms with E-state index in [-0.39, 0.29) is 5.75 Å². The molecule has 1 saturated heterocycles. The van der Waals surface area contributed by atoms with Gasteiger partial charge in [-0.3, -0.25) is 4.99 Å². The first-order chi connectivity index (χ1) is 11.3. The first-order valence-corrected chi connectivity index (χ1v) is 8.09. The molecule has 2 N–H and O–H groups in total. The lowest BCUT2D eigenvalue weighted by Crippen LogP contribution is -3.12. The number of nitrogens with zero attached hydrogens (tertiary/aromatic N) is 1. The Morgan fingerprint density at radius 2 is 1.70 bits per heavy atom. The van der Waals surface area contributed by atoms with Gasteiger partial charge in [-0.15, -0.1) is 0 Å². The van der Waals surface area contributed by atoms with Gasteiger partial charge in [-0.1, -0.05) is 36.4 Å². The first kappa shape index (κ1) is 15.7. The molecule has 0 radical (unpaired) electrons. The quantitative estimate of drug-likeness (QED) is 0.821. The highest BCUT2D eigenvalue weighted by Gasteiger charge is 2.15. The number of aromatic hydroxyl groups is 1. The fraction of sp³-hybridized carbons (Fsp3) is 0.316. The van der Waals surface area contributed by atoms with Crippen molar-refractivity contribution in [1.29, 1.82) is 0 Å². The molecule has 120 valence electrons. The molecule has 0 aliphatic carbocycles. The van der Waals surface area contributed by atoms with Crippen LogP contribution in [0.2, 0.25) is 0 Å². The molecule has 2 aromatic rings. The Labute approximate surface area is 137 Å². The summed E-state index contributed by atoms with van der Waals surface area (Å²) >= 11 is 0. The van der Waals surface area contributed by atoms with Crippen LogP contribution < -0.4 is 4.90 Å². The van der Waals surface area contributed by atoms with E-state index in [9.17, 15) is 5.11 Å². The van der Waals surface area contributed by atoms with Gasteiger partial charge in [0.25, 0.3) is 0 Å². The summed E-state index contributed by atoms with van der Waals surface area (Å²) in [5.74, 6) is 0.266. The van der Waals surface area contributed by atoms with E-state index >= 15 is 0 Å². The van der Waals surface area contributed by atoms with Gasteiger partial charge in [0.2, 0.25) is 0 Å². The van der Waals surface area contributed by atoms with E-state index < -0.39 is 0 Å². The molecule has 0 saturated carbocycles. The second kappa shape index (κ2) is 7.90. The van der Waals surface area contributed by atoms with E-state index in [1.165, 1.54) is 11.1 Å². The topological polar surface area (TPSA) is 46.3 Å². The van der Waals surface area contributed by atoms with E-state index in [0.717, 1.165) is 38.4 Å². The van der Waals surface area contributed by atoms with E-state index in [2.05, 4.69) is 29.3 Å². The molecule has 0 amide bonds. The second-order valence-corrected chi connectivity index (χ2v) is 5.84. The lowest BCUT2D eigenvalue weighted by atomic mass is 10.1. The molecule has 0 bridgehead atoms. The molecule has 1 aliphatic rings. The molecule has 0 spiro atoms. The number of para-hydroxylation sites is 1. The van der Waals surface area contributed by atoms with Crippen LogP contribution in [0.15, 0.2) is 53.5 Å². The predicted octanol–water partition coefficient (Wildman–Crippen LogP) is 1.43. The highest BCUT2D eigenvalue weighted by molar-refractivity contribution is 5.83. The van der Waals surface area contributed by atoms with Gasteiger partial charge in [-0.25, -0.2) is 0 Å². The standard InChI is InChI=1S/C19H22N2O2/c22-19-8-4-3-6-17(19)14-20-13-16-5-1-2-7-18(16)15-21-9-11-23-12-10-21/h1-8,14,22H,9-13,15H2/p+1. The maximum atomic E-state index is 9.77. The van der Waals surface area contributed by atoms with E-state index in [1.54, 1.807) is 17.2 Å². The number of nitrogens with one attached hydrogen (secondary N) is 1. The van der Waals surface area contributed by atoms with E-state index in [0.29, 0.717) is 6.54 Å². The number of hydrogen-bond donors (Lipinski definition) is 2. The molecule has 0 aromatic heterocycles. The van der Waals surface area contributed by atoms with Gasteiger partial charge in [0.05, 0.1) is 19.8 Å². The fourth-order valence-corrected chi connectivity index (χ4v) is 2.83. The Morgan fingerprint density at radius 3 is 2.48 bits per heavy atom. The van der Waals surface area contributed by atoms with Gasteiger partial charge in [0.1, 0.15) is 25.4 Å². The highest BCUT2D eigenvalue weighted by Crippen LogP contribution is 2.14. The third-order valence-corrected chi connectivity index (χ3v) is 4.19. The van der Waals surface area contributed by atoms with Crippen molar-refractivity contribution in [3.05, 3.63) is 65.2 Å². The second-order valence-electron chi connectivity index (χ2n) is 5.84. The van der Waals surface area contributed by atoms with Crippen LogP contribution in [0.4, 0.5) is 0 Å². The normalized spacial score (nSPS) is 16.0. The van der Waals surface area contributed by atoms with Crippen LogP contribution in [0.3, 0.4) is 0 Å². The third-order valence-electron chi connectivity index (χ3n) is 4.19. The average molecular weight is 311 g/mol. The largest absolute Gasteiger partial charge is 0.507 e. The minimum Gasteiger partial charge on any atom is -0.507 e. The van der Waals surface area contributed by atoms with E-state index in [4.69, 9.17) is 4.74 Å². The molecule has 1 aliphatic heterocycles. The molecular formula is C19H23N2O2+. The van der Waals surface area contributed by atoms with Crippen molar-refractivity contribution < 1.29 is 14.7 Å². The number of quaternary nitrogens is 1. The Bertz CT molecular complexity index is 664. The molecule has 23 heavy (non-hydrogen) atoms. The van der Waals surface area contributed by atoms with Crippen LogP contribution >= 0.6 is 0 Å². The predicted molar refractivity (Wildman–Crippen MR) is 91.1 cm³/mol. The first-order valence-electron chi connectivity index (χ1n) is 8.09. The van der Waals surface area contributed by atoms with Crippen molar-refractivity contribution in [2.45, 2.75) is 13.1 Å². The molecule has 4 heteroatoms. The molecule has 0 unspecified atom stereocenters. The molecule has 2 aromatic carbocycles. The minimum atomic E-state index is 0.266. The number of phenolic OH excluding ortho intramolecular Hbond substituents is 1. The van der Waals surface area contributed by atoms with Crippen LogP contribution in [0.5, 0.6) is 5.75 Å². The van der Waals surface area contributed by atoms with Crippen LogP contribution in [0.25, 0.3) is 0 Å². The number of phenols is 1. The Kier molecular flexibility index (Phi) is 5.40. The molecule has 0 atom stereocenters. The summed E-state index contributed by atoms with van der Waals surface area (Å²) in [6.45, 7) is 5.48. The van der Waals surface area contributed by atoms with Crippen LogP contribution in [0.1, 0.15) is 16.7 Å². The zero-order valence-electron chi connectivity index (χ0n) is 13.2. The number of benzene rings is 2. The average Bonchev–Trinajstić information content (AvgIpc) is 2.59. The molecule has 3 rings (SSSR count). The zero-order valence-corrected chi connectivity index (χ0v) is 13.2. The summed E-state index contributed by atoms with van der Waals surface area (Å²) in [5.41, 5.74) is 3.35. The van der Waals surface area contributed by atoms with Crippen LogP contribution in [-0.4, -0.2) is 37.6 Å². The van der Waals surface area contributed by atoms with Gasteiger partial charge in [-0.05, 0) is 17.7 Å². The smallest absolute Gasteiger partial charge is 0.124 e. The van der Waals surface area contributed by atoms with Crippen molar-refractivity contribution in [3.63, 3.8) is 0 Å². The summed E-state index contributed by atoms with van der Waals surface area (Å²) in [7, 11) is 0. The fourth-order valence-electron chi connectivity index (χ4n) is 2.83. The maximum Gasteiger partial charge on any atom is 0.124 e. The number of aliphatic imine (C=N–C) groups is 1. The van der Waals surface area contributed by atoms with Crippen molar-refractivity contribution in [1.82, 2.24) is 0 Å². The van der Waals surface area contributed by atoms with Gasteiger partial charge in [0, 0.05) is 17.3 Å². The van der Waals surface area contributed by atoms with Crippen molar-refractivity contribution in [3.8, 4) is 5.75 Å². The Balaban J connectivity index is 1.67. The highest BCUT2D eigenvalue weighted by atomic mass is 16.5. The summed E-state index contributed by atoms with van der Waals surface area (Å²) in [6, 6.07) is 15.7. The molecular weight excluding hydrogens is 288 g/mol. The molecule has 4 nitrogen and oxygen atoms in total. The van der Waals surface area contributed by atoms with Crippen molar-refractivity contribution >= 4 is 6.21 Å².